The summed E-state index contributed by atoms with van der Waals surface area (Å²) in [4.78, 5) is 13.6. The minimum absolute atomic E-state index is 0.373. The quantitative estimate of drug-likeness (QED) is 0.235. The minimum Gasteiger partial charge on any atom is -0.497 e. The number of carbonyl (C=O) groups is 1. The highest BCUT2D eigenvalue weighted by Crippen LogP contribution is 2.45. The molecule has 0 bridgehead atoms. The number of esters is 1. The number of benzene rings is 3. The molecule has 0 fully saturated rings. The number of thiophene rings is 1. The molecule has 0 amide bonds. The molecule has 3 aromatic carbocycles. The van der Waals surface area contributed by atoms with E-state index in [1.54, 1.807) is 13.2 Å². The predicted molar refractivity (Wildman–Crippen MR) is 149 cm³/mol. The molecule has 5 rings (SSSR count). The van der Waals surface area contributed by atoms with Crippen molar-refractivity contribution in [1.82, 2.24) is 0 Å². The third-order valence-corrected chi connectivity index (χ3v) is 7.38. The molecule has 1 N–H and O–H groups in total. The third-order valence-electron chi connectivity index (χ3n) is 6.53. The van der Waals surface area contributed by atoms with Crippen LogP contribution in [0.3, 0.4) is 0 Å². The van der Waals surface area contributed by atoms with Crippen molar-refractivity contribution < 1.29 is 23.7 Å². The van der Waals surface area contributed by atoms with E-state index in [2.05, 4.69) is 5.32 Å². The van der Waals surface area contributed by atoms with Crippen molar-refractivity contribution in [3.8, 4) is 11.5 Å². The van der Waals surface area contributed by atoms with Gasteiger partial charge in [0.05, 0.1) is 13.7 Å². The number of hydrogen-bond acceptors (Lipinski definition) is 7. The standard InChI is InChI=1S/C31H31NO5S/c1-31(2)29(36-30(33)27-10-7-17-38-27)28(35-20-22-8-5-4-6-9-22)25-18-23(13-16-26(25)37-31)32-19-21-11-14-24(34-3)15-12-21/h4-18,28-29,32H,19-20H2,1-3H3. The van der Waals surface area contributed by atoms with Gasteiger partial charge in [-0.2, -0.15) is 0 Å². The molecule has 0 saturated heterocycles. The van der Waals surface area contributed by atoms with Gasteiger partial charge in [0.25, 0.3) is 0 Å². The average molecular weight is 530 g/mol. The van der Waals surface area contributed by atoms with E-state index in [9.17, 15) is 4.79 Å². The highest BCUT2D eigenvalue weighted by molar-refractivity contribution is 7.11. The van der Waals surface area contributed by atoms with Gasteiger partial charge in [0.15, 0.2) is 6.10 Å². The lowest BCUT2D eigenvalue weighted by atomic mass is 9.87. The maximum absolute atomic E-state index is 13.0. The fourth-order valence-corrected chi connectivity index (χ4v) is 5.10. The molecule has 38 heavy (non-hydrogen) atoms. The molecule has 7 heteroatoms. The lowest BCUT2D eigenvalue weighted by Gasteiger charge is -2.43. The second kappa shape index (κ2) is 11.3. The van der Waals surface area contributed by atoms with Crippen molar-refractivity contribution in [2.75, 3.05) is 12.4 Å². The number of rotatable bonds is 9. The Bertz CT molecular complexity index is 1350. The van der Waals surface area contributed by atoms with Gasteiger partial charge in [-0.3, -0.25) is 0 Å². The van der Waals surface area contributed by atoms with Gasteiger partial charge in [-0.15, -0.1) is 11.3 Å². The van der Waals surface area contributed by atoms with Crippen LogP contribution in [-0.2, 0) is 22.6 Å². The van der Waals surface area contributed by atoms with Crippen LogP contribution in [-0.4, -0.2) is 24.8 Å². The van der Waals surface area contributed by atoms with E-state index in [1.165, 1.54) is 11.3 Å². The molecule has 0 aliphatic carbocycles. The van der Waals surface area contributed by atoms with E-state index >= 15 is 0 Å². The van der Waals surface area contributed by atoms with Crippen LogP contribution in [0.15, 0.2) is 90.3 Å². The molecule has 1 aliphatic rings. The topological polar surface area (TPSA) is 66.0 Å². The van der Waals surface area contributed by atoms with Crippen molar-refractivity contribution in [1.29, 1.82) is 0 Å². The first-order chi connectivity index (χ1) is 18.4. The lowest BCUT2D eigenvalue weighted by molar-refractivity contribution is -0.143. The van der Waals surface area contributed by atoms with Crippen molar-refractivity contribution in [3.63, 3.8) is 0 Å². The summed E-state index contributed by atoms with van der Waals surface area (Å²) in [6.45, 7) is 4.87. The highest BCUT2D eigenvalue weighted by Gasteiger charge is 2.47. The summed E-state index contributed by atoms with van der Waals surface area (Å²) in [5, 5.41) is 5.34. The van der Waals surface area contributed by atoms with Crippen LogP contribution in [0, 0.1) is 0 Å². The Balaban J connectivity index is 1.42. The molecule has 1 aliphatic heterocycles. The van der Waals surface area contributed by atoms with Gasteiger partial charge in [-0.05, 0) is 66.8 Å². The summed E-state index contributed by atoms with van der Waals surface area (Å²) < 4.78 is 24.2. The van der Waals surface area contributed by atoms with Crippen LogP contribution in [0.2, 0.25) is 0 Å². The van der Waals surface area contributed by atoms with E-state index in [0.29, 0.717) is 23.8 Å². The first-order valence-corrected chi connectivity index (χ1v) is 13.4. The smallest absolute Gasteiger partial charge is 0.348 e. The van der Waals surface area contributed by atoms with Gasteiger partial charge in [-0.25, -0.2) is 4.79 Å². The predicted octanol–water partition coefficient (Wildman–Crippen LogP) is 7.02. The normalized spacial score (nSPS) is 17.7. The minimum atomic E-state index is -0.806. The average Bonchev–Trinajstić information content (AvgIpc) is 3.48. The first-order valence-electron chi connectivity index (χ1n) is 12.5. The van der Waals surface area contributed by atoms with Crippen molar-refractivity contribution in [3.05, 3.63) is 112 Å². The van der Waals surface area contributed by atoms with Crippen molar-refractivity contribution >= 4 is 23.0 Å². The van der Waals surface area contributed by atoms with Crippen LogP contribution in [0.1, 0.15) is 46.3 Å². The Labute approximate surface area is 227 Å². The molecule has 6 nitrogen and oxygen atoms in total. The van der Waals surface area contributed by atoms with Gasteiger partial charge in [0.1, 0.15) is 28.1 Å². The second-order valence-corrected chi connectivity index (χ2v) is 10.6. The van der Waals surface area contributed by atoms with Crippen LogP contribution in [0.25, 0.3) is 0 Å². The molecule has 2 unspecified atom stereocenters. The molecule has 0 spiro atoms. The molecule has 2 atom stereocenters. The van der Waals surface area contributed by atoms with E-state index in [-0.39, 0.29) is 5.97 Å². The number of nitrogens with one attached hydrogen (secondary N) is 1. The number of anilines is 1. The van der Waals surface area contributed by atoms with Gasteiger partial charge < -0.3 is 24.3 Å². The summed E-state index contributed by atoms with van der Waals surface area (Å²) >= 11 is 1.35. The zero-order valence-electron chi connectivity index (χ0n) is 21.7. The Hall–Kier alpha value is -3.81. The molecule has 2 heterocycles. The summed E-state index contributed by atoms with van der Waals surface area (Å²) in [6, 6.07) is 27.5. The Morgan fingerprint density at radius 1 is 0.974 bits per heavy atom. The molecular formula is C31H31NO5S. The zero-order valence-corrected chi connectivity index (χ0v) is 22.5. The highest BCUT2D eigenvalue weighted by atomic mass is 32.1. The third kappa shape index (κ3) is 5.85. The van der Waals surface area contributed by atoms with Crippen LogP contribution < -0.4 is 14.8 Å². The maximum atomic E-state index is 13.0. The fraction of sp³-hybridized carbons (Fsp3) is 0.258. The molecule has 1 aromatic heterocycles. The van der Waals surface area contributed by atoms with E-state index in [0.717, 1.165) is 28.1 Å². The Morgan fingerprint density at radius 2 is 1.76 bits per heavy atom. The summed E-state index contributed by atoms with van der Waals surface area (Å²) in [7, 11) is 1.66. The molecule has 0 radical (unpaired) electrons. The molecule has 0 saturated carbocycles. The van der Waals surface area contributed by atoms with Gasteiger partial charge in [0, 0.05) is 17.8 Å². The maximum Gasteiger partial charge on any atom is 0.348 e. The van der Waals surface area contributed by atoms with E-state index in [4.69, 9.17) is 18.9 Å². The molecule has 4 aromatic rings. The largest absolute Gasteiger partial charge is 0.497 e. The van der Waals surface area contributed by atoms with Crippen molar-refractivity contribution in [2.24, 2.45) is 0 Å². The zero-order chi connectivity index (χ0) is 26.5. The van der Waals surface area contributed by atoms with Crippen molar-refractivity contribution in [2.45, 2.75) is 44.8 Å². The molecular weight excluding hydrogens is 498 g/mol. The van der Waals surface area contributed by atoms with Gasteiger partial charge in [-0.1, -0.05) is 48.5 Å². The number of hydrogen-bond donors (Lipinski definition) is 1. The SMILES string of the molecule is COc1ccc(CNc2ccc3c(c2)C(OCc2ccccc2)C(OC(=O)c2cccs2)C(C)(C)O3)cc1. The van der Waals surface area contributed by atoms with Crippen LogP contribution in [0.5, 0.6) is 11.5 Å². The number of methoxy groups -OCH3 is 1. The summed E-state index contributed by atoms with van der Waals surface area (Å²) in [6.07, 6.45) is -1.19. The first kappa shape index (κ1) is 25.8. The number of fused-ring (bicyclic) bond motifs is 1. The van der Waals surface area contributed by atoms with Crippen LogP contribution in [0.4, 0.5) is 5.69 Å². The number of ether oxygens (including phenoxy) is 4. The van der Waals surface area contributed by atoms with E-state index in [1.807, 2.05) is 98.1 Å². The van der Waals surface area contributed by atoms with Gasteiger partial charge in [0.2, 0.25) is 0 Å². The monoisotopic (exact) mass is 529 g/mol. The Morgan fingerprint density at radius 3 is 2.47 bits per heavy atom. The number of carbonyl (C=O) groups excluding carboxylic acids is 1. The summed E-state index contributed by atoms with van der Waals surface area (Å²) in [5.41, 5.74) is 3.11. The Kier molecular flexibility index (Phi) is 7.67. The fourth-order valence-electron chi connectivity index (χ4n) is 4.50. The second-order valence-electron chi connectivity index (χ2n) is 9.68. The molecule has 196 valence electrons. The lowest BCUT2D eigenvalue weighted by Crippen LogP contribution is -2.51. The van der Waals surface area contributed by atoms with E-state index < -0.39 is 17.8 Å². The summed E-state index contributed by atoms with van der Waals surface area (Å²) in [5.74, 6) is 1.16. The van der Waals surface area contributed by atoms with Gasteiger partial charge >= 0.3 is 5.97 Å². The van der Waals surface area contributed by atoms with Crippen LogP contribution >= 0.6 is 11.3 Å².